The lowest BCUT2D eigenvalue weighted by molar-refractivity contribution is 0.609. The molecule has 0 radical (unpaired) electrons. The summed E-state index contributed by atoms with van der Waals surface area (Å²) in [4.78, 5) is 0.0709. The minimum absolute atomic E-state index is 0.0709. The van der Waals surface area contributed by atoms with Crippen LogP contribution in [0.25, 0.3) is 11.1 Å². The molecule has 0 saturated carbocycles. The fraction of sp³-hybridized carbons (Fsp3) is 0. The Bertz CT molecular complexity index is 698. The van der Waals surface area contributed by atoms with E-state index in [4.69, 9.17) is 15.9 Å². The van der Waals surface area contributed by atoms with E-state index < -0.39 is 9.05 Å². The van der Waals surface area contributed by atoms with Crippen LogP contribution in [0.4, 0.5) is 0 Å². The van der Waals surface area contributed by atoms with Crippen molar-refractivity contribution in [3.05, 3.63) is 54.1 Å². The number of benzene rings is 2. The maximum Gasteiger partial charge on any atom is 0.261 e. The van der Waals surface area contributed by atoms with Crippen LogP contribution in [0.5, 0.6) is 0 Å². The first-order chi connectivity index (χ1) is 8.50. The Labute approximate surface area is 110 Å². The lowest BCUT2D eigenvalue weighted by atomic mass is 10.0. The van der Waals surface area contributed by atoms with Gasteiger partial charge in [-0.3, -0.25) is 0 Å². The molecule has 0 bridgehead atoms. The van der Waals surface area contributed by atoms with Gasteiger partial charge in [0.2, 0.25) is 0 Å². The molecule has 2 aromatic rings. The second kappa shape index (κ2) is 4.81. The van der Waals surface area contributed by atoms with Crippen LogP contribution in [0.3, 0.4) is 0 Å². The zero-order chi connectivity index (χ0) is 13.2. The summed E-state index contributed by atoms with van der Waals surface area (Å²) in [5, 5.41) is 8.69. The number of halogens is 1. The molecule has 2 aromatic carbocycles. The van der Waals surface area contributed by atoms with E-state index in [2.05, 4.69) is 0 Å². The number of nitriles is 1. The highest BCUT2D eigenvalue weighted by Gasteiger charge is 2.09. The summed E-state index contributed by atoms with van der Waals surface area (Å²) in [7, 11) is 1.55. The first-order valence-electron chi connectivity index (χ1n) is 5.06. The van der Waals surface area contributed by atoms with Gasteiger partial charge in [-0.05, 0) is 35.4 Å². The lowest BCUT2D eigenvalue weighted by Crippen LogP contribution is -1.89. The molecule has 2 rings (SSSR count). The van der Waals surface area contributed by atoms with E-state index in [1.54, 1.807) is 24.3 Å². The molecule has 0 fully saturated rings. The standard InChI is InChI=1S/C13H8ClNO2S/c14-18(16,17)13-7-5-12(6-8-13)11-3-1-10(9-15)2-4-11/h1-8H. The van der Waals surface area contributed by atoms with Crippen molar-refractivity contribution in [3.8, 4) is 17.2 Å². The molecule has 0 heterocycles. The average molecular weight is 278 g/mol. The minimum Gasteiger partial charge on any atom is -0.207 e. The molecule has 0 aromatic heterocycles. The number of nitrogens with zero attached hydrogens (tertiary/aromatic N) is 1. The van der Waals surface area contributed by atoms with Gasteiger partial charge in [0.05, 0.1) is 16.5 Å². The van der Waals surface area contributed by atoms with Gasteiger partial charge in [-0.25, -0.2) is 8.42 Å². The highest BCUT2D eigenvalue weighted by molar-refractivity contribution is 8.13. The normalized spacial score (nSPS) is 10.9. The van der Waals surface area contributed by atoms with E-state index in [1.807, 2.05) is 18.2 Å². The van der Waals surface area contributed by atoms with E-state index >= 15 is 0 Å². The molecule has 3 nitrogen and oxygen atoms in total. The molecule has 0 amide bonds. The van der Waals surface area contributed by atoms with Gasteiger partial charge in [0, 0.05) is 10.7 Å². The van der Waals surface area contributed by atoms with Crippen LogP contribution in [0.15, 0.2) is 53.4 Å². The summed E-state index contributed by atoms with van der Waals surface area (Å²) < 4.78 is 22.2. The molecule has 0 unspecified atom stereocenters. The van der Waals surface area contributed by atoms with E-state index in [0.717, 1.165) is 11.1 Å². The van der Waals surface area contributed by atoms with Crippen molar-refractivity contribution in [2.24, 2.45) is 0 Å². The van der Waals surface area contributed by atoms with Gasteiger partial charge in [-0.2, -0.15) is 5.26 Å². The Kier molecular flexibility index (Phi) is 3.37. The predicted molar refractivity (Wildman–Crippen MR) is 69.6 cm³/mol. The molecule has 18 heavy (non-hydrogen) atoms. The van der Waals surface area contributed by atoms with Gasteiger partial charge in [0.1, 0.15) is 0 Å². The van der Waals surface area contributed by atoms with Crippen molar-refractivity contribution in [2.75, 3.05) is 0 Å². The van der Waals surface area contributed by atoms with Crippen LogP contribution in [-0.4, -0.2) is 8.42 Å². The van der Waals surface area contributed by atoms with Gasteiger partial charge in [-0.1, -0.05) is 24.3 Å². The van der Waals surface area contributed by atoms with Crippen LogP contribution < -0.4 is 0 Å². The van der Waals surface area contributed by atoms with Gasteiger partial charge >= 0.3 is 0 Å². The summed E-state index contributed by atoms with van der Waals surface area (Å²) >= 11 is 0. The van der Waals surface area contributed by atoms with Gasteiger partial charge in [-0.15, -0.1) is 0 Å². The zero-order valence-corrected chi connectivity index (χ0v) is 10.7. The van der Waals surface area contributed by atoms with Crippen LogP contribution in [-0.2, 0) is 9.05 Å². The van der Waals surface area contributed by atoms with Gasteiger partial charge < -0.3 is 0 Å². The molecule has 0 aliphatic carbocycles. The Balaban J connectivity index is 2.38. The van der Waals surface area contributed by atoms with Crippen molar-refractivity contribution in [3.63, 3.8) is 0 Å². The van der Waals surface area contributed by atoms with Gasteiger partial charge in [0.25, 0.3) is 9.05 Å². The summed E-state index contributed by atoms with van der Waals surface area (Å²) in [6.07, 6.45) is 0. The van der Waals surface area contributed by atoms with Crippen LogP contribution in [0.2, 0.25) is 0 Å². The van der Waals surface area contributed by atoms with Crippen molar-refractivity contribution < 1.29 is 8.42 Å². The second-order valence-electron chi connectivity index (χ2n) is 3.65. The maximum atomic E-state index is 11.1. The molecule has 0 spiro atoms. The number of hydrogen-bond donors (Lipinski definition) is 0. The SMILES string of the molecule is N#Cc1ccc(-c2ccc(S(=O)(=O)Cl)cc2)cc1. The Morgan fingerprint density at radius 1 is 0.889 bits per heavy atom. The molecule has 0 aliphatic rings. The third-order valence-corrected chi connectivity index (χ3v) is 3.85. The van der Waals surface area contributed by atoms with E-state index in [9.17, 15) is 8.42 Å². The lowest BCUT2D eigenvalue weighted by Gasteiger charge is -2.02. The first kappa shape index (κ1) is 12.6. The monoisotopic (exact) mass is 277 g/mol. The molecule has 0 saturated heterocycles. The molecular weight excluding hydrogens is 270 g/mol. The molecule has 0 aliphatic heterocycles. The largest absolute Gasteiger partial charge is 0.261 e. The number of rotatable bonds is 2. The van der Waals surface area contributed by atoms with Crippen molar-refractivity contribution in [1.82, 2.24) is 0 Å². The fourth-order valence-corrected chi connectivity index (χ4v) is 2.32. The van der Waals surface area contributed by atoms with Crippen LogP contribution in [0, 0.1) is 11.3 Å². The molecular formula is C13H8ClNO2S. The zero-order valence-electron chi connectivity index (χ0n) is 9.17. The topological polar surface area (TPSA) is 57.9 Å². The summed E-state index contributed by atoms with van der Waals surface area (Å²) in [5.41, 5.74) is 2.36. The second-order valence-corrected chi connectivity index (χ2v) is 6.22. The van der Waals surface area contributed by atoms with Crippen LogP contribution >= 0.6 is 10.7 Å². The summed E-state index contributed by atoms with van der Waals surface area (Å²) in [5.74, 6) is 0. The first-order valence-corrected chi connectivity index (χ1v) is 7.37. The van der Waals surface area contributed by atoms with E-state index in [1.165, 1.54) is 12.1 Å². The Hall–Kier alpha value is -1.83. The van der Waals surface area contributed by atoms with E-state index in [-0.39, 0.29) is 4.90 Å². The third-order valence-electron chi connectivity index (χ3n) is 2.48. The quantitative estimate of drug-likeness (QED) is 0.792. The summed E-state index contributed by atoms with van der Waals surface area (Å²) in [6, 6.07) is 15.3. The fourth-order valence-electron chi connectivity index (χ4n) is 1.55. The minimum atomic E-state index is -3.68. The molecule has 5 heteroatoms. The van der Waals surface area contributed by atoms with Gasteiger partial charge in [0.15, 0.2) is 0 Å². The summed E-state index contributed by atoms with van der Waals surface area (Å²) in [6.45, 7) is 0. The highest BCUT2D eigenvalue weighted by Crippen LogP contribution is 2.23. The molecule has 0 atom stereocenters. The predicted octanol–water partition coefficient (Wildman–Crippen LogP) is 3.15. The molecule has 90 valence electrons. The Morgan fingerprint density at radius 3 is 1.72 bits per heavy atom. The maximum absolute atomic E-state index is 11.1. The van der Waals surface area contributed by atoms with Crippen molar-refractivity contribution in [2.45, 2.75) is 4.90 Å². The van der Waals surface area contributed by atoms with Crippen LogP contribution in [0.1, 0.15) is 5.56 Å². The smallest absolute Gasteiger partial charge is 0.207 e. The molecule has 0 N–H and O–H groups in total. The van der Waals surface area contributed by atoms with Crippen molar-refractivity contribution in [1.29, 1.82) is 5.26 Å². The average Bonchev–Trinajstić information content (AvgIpc) is 2.38. The Morgan fingerprint density at radius 2 is 1.33 bits per heavy atom. The van der Waals surface area contributed by atoms with E-state index in [0.29, 0.717) is 5.56 Å². The third kappa shape index (κ3) is 2.70. The van der Waals surface area contributed by atoms with Crippen molar-refractivity contribution >= 4 is 19.7 Å². The highest BCUT2D eigenvalue weighted by atomic mass is 35.7. The number of hydrogen-bond acceptors (Lipinski definition) is 3.